The van der Waals surface area contributed by atoms with Crippen LogP contribution in [0.2, 0.25) is 0 Å². The molecule has 1 aromatic carbocycles. The molecule has 0 bridgehead atoms. The lowest BCUT2D eigenvalue weighted by Crippen LogP contribution is -2.44. The predicted molar refractivity (Wildman–Crippen MR) is 116 cm³/mol. The minimum absolute atomic E-state index is 0.00194. The Kier molecular flexibility index (Phi) is 8.32. The van der Waals surface area contributed by atoms with Gasteiger partial charge in [0, 0.05) is 31.7 Å². The summed E-state index contributed by atoms with van der Waals surface area (Å²) >= 11 is 0. The minimum atomic E-state index is -0.524. The monoisotopic (exact) mass is 419 g/mol. The summed E-state index contributed by atoms with van der Waals surface area (Å²) in [5.41, 5.74) is -0.0390. The quantitative estimate of drug-likeness (QED) is 0.317. The second kappa shape index (κ2) is 10.7. The number of nitrogens with one attached hydrogen (secondary N) is 3. The second-order valence-electron chi connectivity index (χ2n) is 8.12. The van der Waals surface area contributed by atoms with E-state index in [1.807, 2.05) is 27.7 Å². The number of nitrogens with zero attached hydrogens (tertiary/aromatic N) is 2. The van der Waals surface area contributed by atoms with Crippen molar-refractivity contribution in [3.63, 3.8) is 0 Å². The Bertz CT molecular complexity index is 743. The number of guanidine groups is 1. The van der Waals surface area contributed by atoms with Crippen molar-refractivity contribution >= 4 is 18.0 Å². The number of hydrogen-bond donors (Lipinski definition) is 4. The number of alkyl carbamates (subject to hydrolysis) is 1. The van der Waals surface area contributed by atoms with Crippen LogP contribution >= 0.6 is 0 Å². The number of phenolic OH excluding ortho intramolecular Hbond substituents is 1. The van der Waals surface area contributed by atoms with E-state index in [1.54, 1.807) is 12.1 Å². The van der Waals surface area contributed by atoms with Crippen LogP contribution in [0.5, 0.6) is 5.75 Å². The fraction of sp³-hybridized carbons (Fsp3) is 0.571. The fourth-order valence-corrected chi connectivity index (χ4v) is 3.02. The summed E-state index contributed by atoms with van der Waals surface area (Å²) in [6.07, 6.45) is 0.398. The zero-order valence-electron chi connectivity index (χ0n) is 18.2. The molecular weight excluding hydrogens is 386 g/mol. The molecule has 1 unspecified atom stereocenters. The summed E-state index contributed by atoms with van der Waals surface area (Å²) in [4.78, 5) is 30.8. The highest BCUT2D eigenvalue weighted by molar-refractivity contribution is 5.94. The van der Waals surface area contributed by atoms with E-state index in [4.69, 9.17) is 4.74 Å². The standard InChI is InChI=1S/C21H33N5O4/c1-5-22-19(24-12-11-23-18(28)15-6-8-17(27)9-7-15)26-13-10-16(14-26)25-20(29)30-21(2,3)4/h6-9,16,27H,5,10-14H2,1-4H3,(H,22,24)(H,23,28)(H,25,29). The van der Waals surface area contributed by atoms with E-state index in [0.717, 1.165) is 25.5 Å². The van der Waals surface area contributed by atoms with Crippen molar-refractivity contribution in [2.24, 2.45) is 4.99 Å². The Balaban J connectivity index is 1.81. The van der Waals surface area contributed by atoms with Crippen molar-refractivity contribution in [1.82, 2.24) is 20.9 Å². The lowest BCUT2D eigenvalue weighted by molar-refractivity contribution is 0.0507. The highest BCUT2D eigenvalue weighted by Crippen LogP contribution is 2.12. The molecule has 1 aliphatic heterocycles. The maximum atomic E-state index is 12.1. The molecule has 0 spiro atoms. The molecule has 0 saturated carbocycles. The Morgan fingerprint density at radius 1 is 1.23 bits per heavy atom. The average Bonchev–Trinajstić information content (AvgIpc) is 3.11. The van der Waals surface area contributed by atoms with Crippen molar-refractivity contribution < 1.29 is 19.4 Å². The summed E-state index contributed by atoms with van der Waals surface area (Å²) in [5, 5.41) is 18.3. The number of carbonyl (C=O) groups is 2. The minimum Gasteiger partial charge on any atom is -0.508 e. The van der Waals surface area contributed by atoms with Crippen LogP contribution in [0.3, 0.4) is 0 Å². The number of amides is 2. The van der Waals surface area contributed by atoms with Gasteiger partial charge in [-0.3, -0.25) is 9.79 Å². The molecular formula is C21H33N5O4. The highest BCUT2D eigenvalue weighted by atomic mass is 16.6. The van der Waals surface area contributed by atoms with E-state index in [0.29, 0.717) is 25.2 Å². The summed E-state index contributed by atoms with van der Waals surface area (Å²) in [6, 6.07) is 6.09. The SMILES string of the molecule is CCNC(=NCCNC(=O)c1ccc(O)cc1)N1CCC(NC(=O)OC(C)(C)C)C1. The highest BCUT2D eigenvalue weighted by Gasteiger charge is 2.27. The third kappa shape index (κ3) is 7.81. The largest absolute Gasteiger partial charge is 0.508 e. The van der Waals surface area contributed by atoms with Gasteiger partial charge in [-0.15, -0.1) is 0 Å². The third-order valence-corrected chi connectivity index (χ3v) is 4.33. The van der Waals surface area contributed by atoms with Gasteiger partial charge < -0.3 is 30.7 Å². The first-order valence-corrected chi connectivity index (χ1v) is 10.3. The van der Waals surface area contributed by atoms with Crippen LogP contribution in [-0.4, -0.2) is 72.3 Å². The van der Waals surface area contributed by atoms with Crippen LogP contribution in [-0.2, 0) is 4.74 Å². The van der Waals surface area contributed by atoms with Crippen LogP contribution < -0.4 is 16.0 Å². The molecule has 2 amide bonds. The molecule has 0 radical (unpaired) electrons. The Morgan fingerprint density at radius 2 is 1.93 bits per heavy atom. The third-order valence-electron chi connectivity index (χ3n) is 4.33. The number of hydrogen-bond acceptors (Lipinski definition) is 5. The zero-order valence-corrected chi connectivity index (χ0v) is 18.2. The first-order valence-electron chi connectivity index (χ1n) is 10.3. The van der Waals surface area contributed by atoms with Gasteiger partial charge in [0.15, 0.2) is 5.96 Å². The number of phenols is 1. The van der Waals surface area contributed by atoms with Gasteiger partial charge in [0.2, 0.25) is 0 Å². The summed E-state index contributed by atoms with van der Waals surface area (Å²) in [6.45, 7) is 10.5. The molecule has 1 aromatic rings. The number of likely N-dealkylation sites (tertiary alicyclic amines) is 1. The molecule has 1 fully saturated rings. The molecule has 166 valence electrons. The summed E-state index contributed by atoms with van der Waals surface area (Å²) in [7, 11) is 0. The van der Waals surface area contributed by atoms with Gasteiger partial charge in [-0.25, -0.2) is 4.79 Å². The van der Waals surface area contributed by atoms with Gasteiger partial charge in [-0.05, 0) is 58.4 Å². The van der Waals surface area contributed by atoms with Crippen molar-refractivity contribution in [1.29, 1.82) is 0 Å². The molecule has 4 N–H and O–H groups in total. The molecule has 9 heteroatoms. The van der Waals surface area contributed by atoms with E-state index < -0.39 is 11.7 Å². The van der Waals surface area contributed by atoms with E-state index in [2.05, 4.69) is 25.8 Å². The van der Waals surface area contributed by atoms with Crippen molar-refractivity contribution in [3.05, 3.63) is 29.8 Å². The van der Waals surface area contributed by atoms with Gasteiger partial charge in [0.25, 0.3) is 5.91 Å². The lowest BCUT2D eigenvalue weighted by atomic mass is 10.2. The Hall–Kier alpha value is -2.97. The first-order chi connectivity index (χ1) is 14.2. The van der Waals surface area contributed by atoms with Crippen molar-refractivity contribution in [3.8, 4) is 5.75 Å². The second-order valence-corrected chi connectivity index (χ2v) is 8.12. The van der Waals surface area contributed by atoms with E-state index >= 15 is 0 Å². The van der Waals surface area contributed by atoms with Crippen molar-refractivity contribution in [2.75, 3.05) is 32.7 Å². The van der Waals surface area contributed by atoms with Gasteiger partial charge in [0.1, 0.15) is 11.4 Å². The number of ether oxygens (including phenoxy) is 1. The number of carbonyl (C=O) groups excluding carboxylic acids is 2. The number of rotatable bonds is 6. The lowest BCUT2D eigenvalue weighted by Gasteiger charge is -2.23. The Morgan fingerprint density at radius 3 is 2.57 bits per heavy atom. The predicted octanol–water partition coefficient (Wildman–Crippen LogP) is 1.69. The van der Waals surface area contributed by atoms with Crippen molar-refractivity contribution in [2.45, 2.75) is 45.8 Å². The number of benzene rings is 1. The molecule has 1 aliphatic rings. The molecule has 2 rings (SSSR count). The van der Waals surface area contributed by atoms with E-state index in [9.17, 15) is 14.7 Å². The van der Waals surface area contributed by atoms with Crippen LogP contribution in [0.4, 0.5) is 4.79 Å². The van der Waals surface area contributed by atoms with Crippen LogP contribution in [0.15, 0.2) is 29.3 Å². The zero-order chi connectivity index (χ0) is 22.1. The number of aromatic hydroxyl groups is 1. The van der Waals surface area contributed by atoms with Gasteiger partial charge in [0.05, 0.1) is 12.6 Å². The van der Waals surface area contributed by atoms with E-state index in [-0.39, 0.29) is 17.7 Å². The topological polar surface area (TPSA) is 115 Å². The van der Waals surface area contributed by atoms with Gasteiger partial charge in [-0.2, -0.15) is 0 Å². The molecule has 1 atom stereocenters. The summed E-state index contributed by atoms with van der Waals surface area (Å²) < 4.78 is 5.32. The molecule has 30 heavy (non-hydrogen) atoms. The fourth-order valence-electron chi connectivity index (χ4n) is 3.02. The first kappa shape index (κ1) is 23.3. The maximum Gasteiger partial charge on any atom is 0.407 e. The van der Waals surface area contributed by atoms with Crippen LogP contribution in [0.1, 0.15) is 44.5 Å². The average molecular weight is 420 g/mol. The van der Waals surface area contributed by atoms with Gasteiger partial charge in [-0.1, -0.05) is 0 Å². The molecule has 0 aliphatic carbocycles. The molecule has 9 nitrogen and oxygen atoms in total. The van der Waals surface area contributed by atoms with Crippen LogP contribution in [0, 0.1) is 0 Å². The van der Waals surface area contributed by atoms with E-state index in [1.165, 1.54) is 12.1 Å². The van der Waals surface area contributed by atoms with Crippen LogP contribution in [0.25, 0.3) is 0 Å². The smallest absolute Gasteiger partial charge is 0.407 e. The molecule has 0 aromatic heterocycles. The maximum absolute atomic E-state index is 12.1. The normalized spacial score (nSPS) is 16.9. The molecule has 1 heterocycles. The summed E-state index contributed by atoms with van der Waals surface area (Å²) in [5.74, 6) is 0.666. The van der Waals surface area contributed by atoms with Gasteiger partial charge >= 0.3 is 6.09 Å². The molecule has 1 saturated heterocycles. The Labute approximate surface area is 177 Å². The number of aliphatic imine (C=N–C) groups is 1.